The molecule has 1 atom stereocenters. The lowest BCUT2D eigenvalue weighted by molar-refractivity contribution is 0.0583. The summed E-state index contributed by atoms with van der Waals surface area (Å²) in [6, 6.07) is 14.9. The van der Waals surface area contributed by atoms with E-state index in [4.69, 9.17) is 5.11 Å². The summed E-state index contributed by atoms with van der Waals surface area (Å²) >= 11 is 0. The zero-order valence-corrected chi connectivity index (χ0v) is 10.2. The molecule has 18 heavy (non-hydrogen) atoms. The molecule has 2 rings (SSSR count). The van der Waals surface area contributed by atoms with Crippen molar-refractivity contribution in [2.75, 3.05) is 6.61 Å². The van der Waals surface area contributed by atoms with Crippen molar-refractivity contribution in [3.63, 3.8) is 0 Å². The normalized spacial score (nSPS) is 14.1. The molecule has 1 unspecified atom stereocenters. The Hall–Kier alpha value is -1.71. The van der Waals surface area contributed by atoms with Gasteiger partial charge in [0.25, 0.3) is 0 Å². The Morgan fingerprint density at radius 1 is 1.00 bits per heavy atom. The summed E-state index contributed by atoms with van der Waals surface area (Å²) in [5, 5.41) is 19.9. The van der Waals surface area contributed by atoms with Crippen molar-refractivity contribution in [1.82, 2.24) is 4.98 Å². The molecule has 0 spiro atoms. The second-order valence-corrected chi connectivity index (χ2v) is 4.27. The maximum atomic E-state index is 10.9. The van der Waals surface area contributed by atoms with Crippen molar-refractivity contribution >= 4 is 0 Å². The molecule has 1 aromatic heterocycles. The van der Waals surface area contributed by atoms with Gasteiger partial charge in [-0.15, -0.1) is 0 Å². The van der Waals surface area contributed by atoms with Gasteiger partial charge >= 0.3 is 0 Å². The van der Waals surface area contributed by atoms with E-state index >= 15 is 0 Å². The second kappa shape index (κ2) is 5.76. The second-order valence-electron chi connectivity index (χ2n) is 4.27. The molecular formula is C15H17NO2. The highest BCUT2D eigenvalue weighted by molar-refractivity contribution is 5.31. The van der Waals surface area contributed by atoms with E-state index in [1.165, 1.54) is 0 Å². The summed E-state index contributed by atoms with van der Waals surface area (Å²) in [6.45, 7) is 0.0575. The zero-order valence-electron chi connectivity index (χ0n) is 10.2. The van der Waals surface area contributed by atoms with Gasteiger partial charge in [0.15, 0.2) is 0 Å². The maximum absolute atomic E-state index is 10.9. The van der Waals surface area contributed by atoms with E-state index in [1.54, 1.807) is 6.20 Å². The number of hydrogen-bond acceptors (Lipinski definition) is 3. The van der Waals surface area contributed by atoms with E-state index in [0.717, 1.165) is 5.56 Å². The minimum Gasteiger partial charge on any atom is -0.396 e. The van der Waals surface area contributed by atoms with E-state index in [9.17, 15) is 5.11 Å². The van der Waals surface area contributed by atoms with Gasteiger partial charge in [0.2, 0.25) is 0 Å². The fourth-order valence-electron chi connectivity index (χ4n) is 2.08. The van der Waals surface area contributed by atoms with Crippen LogP contribution in [0.25, 0.3) is 0 Å². The largest absolute Gasteiger partial charge is 0.396 e. The van der Waals surface area contributed by atoms with Crippen LogP contribution in [0.2, 0.25) is 0 Å². The van der Waals surface area contributed by atoms with Gasteiger partial charge in [-0.25, -0.2) is 0 Å². The molecule has 1 aromatic carbocycles. The average Bonchev–Trinajstić information content (AvgIpc) is 2.46. The Bertz CT molecular complexity index is 431. The van der Waals surface area contributed by atoms with Crippen molar-refractivity contribution in [1.29, 1.82) is 0 Å². The van der Waals surface area contributed by atoms with E-state index in [0.29, 0.717) is 18.5 Å². The molecule has 3 nitrogen and oxygen atoms in total. The fourth-order valence-corrected chi connectivity index (χ4v) is 2.08. The molecule has 0 fully saturated rings. The molecular weight excluding hydrogens is 226 g/mol. The van der Waals surface area contributed by atoms with Crippen molar-refractivity contribution in [2.45, 2.75) is 18.4 Å². The van der Waals surface area contributed by atoms with E-state index in [1.807, 2.05) is 48.5 Å². The van der Waals surface area contributed by atoms with Gasteiger partial charge in [0, 0.05) is 12.8 Å². The van der Waals surface area contributed by atoms with Crippen LogP contribution in [0.5, 0.6) is 0 Å². The Kier molecular flexibility index (Phi) is 4.07. The molecule has 3 heteroatoms. The lowest BCUT2D eigenvalue weighted by Crippen LogP contribution is -2.28. The average molecular weight is 243 g/mol. The van der Waals surface area contributed by atoms with Crippen molar-refractivity contribution < 1.29 is 10.2 Å². The van der Waals surface area contributed by atoms with Crippen LogP contribution in [0, 0.1) is 0 Å². The van der Waals surface area contributed by atoms with Gasteiger partial charge in [0.05, 0.1) is 5.69 Å². The lowest BCUT2D eigenvalue weighted by Gasteiger charge is -2.28. The highest BCUT2D eigenvalue weighted by Crippen LogP contribution is 2.32. The predicted molar refractivity (Wildman–Crippen MR) is 70.0 cm³/mol. The summed E-state index contributed by atoms with van der Waals surface area (Å²) in [6.07, 6.45) is 2.65. The predicted octanol–water partition coefficient (Wildman–Crippen LogP) is 2.09. The molecule has 0 saturated heterocycles. The van der Waals surface area contributed by atoms with Crippen LogP contribution in [0.3, 0.4) is 0 Å². The third-order valence-corrected chi connectivity index (χ3v) is 3.04. The Morgan fingerprint density at radius 3 is 2.33 bits per heavy atom. The van der Waals surface area contributed by atoms with E-state index in [-0.39, 0.29) is 6.61 Å². The minimum absolute atomic E-state index is 0.0575. The van der Waals surface area contributed by atoms with Crippen LogP contribution in [0.15, 0.2) is 54.7 Å². The molecule has 0 bridgehead atoms. The zero-order chi connectivity index (χ0) is 12.8. The molecule has 0 radical (unpaired) electrons. The van der Waals surface area contributed by atoms with Crippen molar-refractivity contribution in [3.05, 3.63) is 66.0 Å². The van der Waals surface area contributed by atoms with Crippen LogP contribution in [-0.2, 0) is 5.60 Å². The van der Waals surface area contributed by atoms with Crippen molar-refractivity contribution in [2.24, 2.45) is 0 Å². The minimum atomic E-state index is -1.13. The molecule has 94 valence electrons. The topological polar surface area (TPSA) is 53.4 Å². The highest BCUT2D eigenvalue weighted by Gasteiger charge is 2.31. The van der Waals surface area contributed by atoms with Crippen LogP contribution < -0.4 is 0 Å². The number of aliphatic hydroxyl groups is 2. The van der Waals surface area contributed by atoms with Gasteiger partial charge in [0.1, 0.15) is 5.60 Å². The fraction of sp³-hybridized carbons (Fsp3) is 0.267. The molecule has 0 amide bonds. The van der Waals surface area contributed by atoms with Gasteiger partial charge in [-0.1, -0.05) is 36.4 Å². The standard InChI is InChI=1S/C15H17NO2/c17-12-6-10-15(18,13-7-2-1-3-8-13)14-9-4-5-11-16-14/h1-5,7-9,11,17-18H,6,10,12H2. The summed E-state index contributed by atoms with van der Waals surface area (Å²) in [5.74, 6) is 0. The molecule has 0 aliphatic rings. The molecule has 0 aliphatic carbocycles. The molecule has 1 heterocycles. The number of nitrogens with zero attached hydrogens (tertiary/aromatic N) is 1. The van der Waals surface area contributed by atoms with Gasteiger partial charge in [-0.05, 0) is 30.5 Å². The summed E-state index contributed by atoms with van der Waals surface area (Å²) in [5.41, 5.74) is 0.285. The summed E-state index contributed by atoms with van der Waals surface area (Å²) in [4.78, 5) is 4.25. The quantitative estimate of drug-likeness (QED) is 0.845. The molecule has 0 aliphatic heterocycles. The van der Waals surface area contributed by atoms with E-state index < -0.39 is 5.60 Å². The Morgan fingerprint density at radius 2 is 1.72 bits per heavy atom. The first-order valence-corrected chi connectivity index (χ1v) is 6.07. The van der Waals surface area contributed by atoms with Crippen LogP contribution in [0.4, 0.5) is 0 Å². The molecule has 2 aromatic rings. The van der Waals surface area contributed by atoms with Gasteiger partial charge in [-0.3, -0.25) is 4.98 Å². The Balaban J connectivity index is 2.41. The monoisotopic (exact) mass is 243 g/mol. The van der Waals surface area contributed by atoms with Crippen LogP contribution in [0.1, 0.15) is 24.1 Å². The number of hydrogen-bond donors (Lipinski definition) is 2. The first-order chi connectivity index (χ1) is 8.77. The molecule has 0 saturated carbocycles. The number of rotatable bonds is 5. The first-order valence-electron chi connectivity index (χ1n) is 6.07. The number of aliphatic hydroxyl groups excluding tert-OH is 1. The smallest absolute Gasteiger partial charge is 0.131 e. The number of benzene rings is 1. The molecule has 2 N–H and O–H groups in total. The third kappa shape index (κ3) is 2.58. The summed E-state index contributed by atoms with van der Waals surface area (Å²) < 4.78 is 0. The summed E-state index contributed by atoms with van der Waals surface area (Å²) in [7, 11) is 0. The van der Waals surface area contributed by atoms with Gasteiger partial charge in [-0.2, -0.15) is 0 Å². The maximum Gasteiger partial charge on any atom is 0.131 e. The van der Waals surface area contributed by atoms with E-state index in [2.05, 4.69) is 4.98 Å². The number of pyridine rings is 1. The first kappa shape index (κ1) is 12.7. The third-order valence-electron chi connectivity index (χ3n) is 3.04. The SMILES string of the molecule is OCCCC(O)(c1ccccc1)c1ccccn1. The Labute approximate surface area is 107 Å². The van der Waals surface area contributed by atoms with Gasteiger partial charge < -0.3 is 10.2 Å². The lowest BCUT2D eigenvalue weighted by atomic mass is 9.86. The van der Waals surface area contributed by atoms with Crippen LogP contribution >= 0.6 is 0 Å². The van der Waals surface area contributed by atoms with Crippen molar-refractivity contribution in [3.8, 4) is 0 Å². The highest BCUT2D eigenvalue weighted by atomic mass is 16.3. The van der Waals surface area contributed by atoms with Crippen LogP contribution in [-0.4, -0.2) is 21.8 Å². The number of aromatic nitrogens is 1.